The van der Waals surface area contributed by atoms with Gasteiger partial charge in [-0.3, -0.25) is 0 Å². The Morgan fingerprint density at radius 3 is 0.674 bits per heavy atom. The summed E-state index contributed by atoms with van der Waals surface area (Å²) >= 11 is 3.90. The number of thiophene rings is 2. The first-order valence-electron chi connectivity index (χ1n) is 49.4. The van der Waals surface area contributed by atoms with Crippen LogP contribution in [0.3, 0.4) is 0 Å². The van der Waals surface area contributed by atoms with Crippen LogP contribution in [0, 0.1) is 27.7 Å². The lowest BCUT2D eigenvalue weighted by Crippen LogP contribution is -2.74. The van der Waals surface area contributed by atoms with Crippen LogP contribution in [0.25, 0.3) is 139 Å². The van der Waals surface area contributed by atoms with Crippen LogP contribution >= 0.6 is 22.7 Å². The largest absolute Gasteiger partial charge is 0.311 e. The zero-order valence-electron chi connectivity index (χ0n) is 79.7. The second-order valence-corrected chi connectivity index (χ2v) is 43.7. The van der Waals surface area contributed by atoms with Gasteiger partial charge in [0.05, 0.1) is 0 Å². The third-order valence-corrected chi connectivity index (χ3v) is 36.8. The Labute approximate surface area is 836 Å². The van der Waals surface area contributed by atoms with Gasteiger partial charge in [-0.15, -0.1) is 22.7 Å². The number of nitrogens with zero attached hydrogens (tertiary/aromatic N) is 2. The third-order valence-electron chi connectivity index (χ3n) is 29.1. The summed E-state index contributed by atoms with van der Waals surface area (Å²) in [4.78, 5) is 4.74. The van der Waals surface area contributed by atoms with Gasteiger partial charge in [-0.2, -0.15) is 0 Å². The number of hydrogen-bond acceptors (Lipinski definition) is 4. The monoisotopic (exact) mass is 1860 g/mol. The maximum Gasteiger partial charge on any atom is 0.182 e. The Hall–Kier alpha value is -16.1. The molecule has 2 aromatic heterocycles. The first-order chi connectivity index (χ1) is 69.5. The second kappa shape index (κ2) is 39.0. The normalized spacial score (nSPS) is 12.5. The number of fused-ring (bicyclic) bond motifs is 12. The predicted molar refractivity (Wildman–Crippen MR) is 612 cm³/mol. The molecular weight excluding hydrogens is 1750 g/mol. The summed E-state index contributed by atoms with van der Waals surface area (Å²) in [6, 6.07) is 189. The standard InChI is InChI=1S/C54H36.C46H46N2.C36H24S2Si/c1-7-19-37(20-8-1)43-31-49-50(32-44(43)38-21-9-2-10-22-38)52-34-46(40-25-13-4-14-26-40)48(42-29-17-6-18-30-42)36-54(52)53-35-47(41-27-15-5-16-28-41)45(33-51(49)53)39-23-11-3-12-24-39;1-34-8-20-40(21-9-34)47(41-22-10-35(2)11-23-41)44-28-16-38(17-29-44)46(32-6-5-7-33-46)39-18-30-45(31-19-39)48(42-24-12-36(3)13-25-42)43-26-14-37(4)15-27-43;1-3-13-25(14-4-1)39(26-15-5-2-6-16-26,33-23-11-19-29-27-17-7-9-21-31(27)37-35(29)33)34-24-12-20-30-28-18-8-10-22-32(28)38-36(30)34/h1-36H;8-31H,5-7,32-33H2,1-4H3;1-24H. The quantitative estimate of drug-likeness (QED) is 0.0480. The lowest BCUT2D eigenvalue weighted by atomic mass is 9.65. The average molecular weight is 1860 g/mol. The molecule has 0 amide bonds. The highest BCUT2D eigenvalue weighted by atomic mass is 32.1. The molecule has 1 fully saturated rings. The van der Waals surface area contributed by atoms with Gasteiger partial charge in [0.1, 0.15) is 0 Å². The minimum absolute atomic E-state index is 0.00636. The minimum atomic E-state index is -2.73. The van der Waals surface area contributed by atoms with Crippen LogP contribution in [0.5, 0.6) is 0 Å². The van der Waals surface area contributed by atoms with Gasteiger partial charge in [-0.05, 0) is 293 Å². The molecule has 141 heavy (non-hydrogen) atoms. The molecule has 2 nitrogen and oxygen atoms in total. The molecular formula is C136H106N2S2Si. The molecule has 1 aliphatic carbocycles. The number of benzene rings is 22. The van der Waals surface area contributed by atoms with Crippen molar-refractivity contribution >= 4 is 158 Å². The first kappa shape index (κ1) is 88.8. The topological polar surface area (TPSA) is 6.48 Å². The SMILES string of the molecule is Cc1ccc(N(c2ccc(C)cc2)c2ccc(C3(c4ccc(N(c5ccc(C)cc5)c5ccc(C)cc5)cc4)CCCCC3)cc2)cc1.c1ccc(-c2cc3c4cc(-c5ccccc5)c(-c5ccccc5)cc4c4cc(-c5ccccc5)c(-c5ccccc5)cc4c3cc2-c2ccccc2)cc1.c1ccc([Si](c2ccccc2)(c2cccc3c2sc2ccccc23)c2cccc3c2sc2ccccc23)cc1. The Bertz CT molecular complexity index is 7620. The first-order valence-corrected chi connectivity index (χ1v) is 53.1. The zero-order chi connectivity index (χ0) is 94.8. The van der Waals surface area contributed by atoms with Gasteiger partial charge in [0.15, 0.2) is 8.07 Å². The van der Waals surface area contributed by atoms with E-state index in [9.17, 15) is 0 Å². The third kappa shape index (κ3) is 17.1. The molecule has 0 spiro atoms. The van der Waals surface area contributed by atoms with Crippen LogP contribution in [0.15, 0.2) is 510 Å². The van der Waals surface area contributed by atoms with Crippen LogP contribution in [-0.4, -0.2) is 8.07 Å². The van der Waals surface area contributed by atoms with E-state index in [-0.39, 0.29) is 5.41 Å². The van der Waals surface area contributed by atoms with E-state index in [2.05, 4.69) is 547 Å². The summed E-state index contributed by atoms with van der Waals surface area (Å²) in [7, 11) is -2.73. The highest BCUT2D eigenvalue weighted by Crippen LogP contribution is 2.52. The zero-order valence-corrected chi connectivity index (χ0v) is 82.4. The number of rotatable bonds is 18. The molecule has 5 heteroatoms. The number of aryl methyl sites for hydroxylation is 4. The van der Waals surface area contributed by atoms with Crippen LogP contribution in [0.2, 0.25) is 0 Å². The summed E-state index contributed by atoms with van der Waals surface area (Å²) in [5.74, 6) is 0. The maximum atomic E-state index is 2.46. The summed E-state index contributed by atoms with van der Waals surface area (Å²) in [6.45, 7) is 8.59. The van der Waals surface area contributed by atoms with Crippen LogP contribution in [0.4, 0.5) is 34.1 Å². The fourth-order valence-electron chi connectivity index (χ4n) is 22.1. The smallest absolute Gasteiger partial charge is 0.182 e. The van der Waals surface area contributed by atoms with Crippen molar-refractivity contribution < 1.29 is 0 Å². The van der Waals surface area contributed by atoms with Crippen molar-refractivity contribution in [2.24, 2.45) is 0 Å². The summed E-state index contributed by atoms with van der Waals surface area (Å²) in [5.41, 5.74) is 29.6. The molecule has 1 saturated carbocycles. The predicted octanol–water partition coefficient (Wildman–Crippen LogP) is 36.1. The molecule has 0 atom stereocenters. The van der Waals surface area contributed by atoms with Crippen LogP contribution < -0.4 is 30.5 Å². The fourth-order valence-corrected chi connectivity index (χ4v) is 30.5. The molecule has 0 bridgehead atoms. The highest BCUT2D eigenvalue weighted by molar-refractivity contribution is 7.33. The van der Waals surface area contributed by atoms with Crippen molar-refractivity contribution in [2.75, 3.05) is 9.80 Å². The lowest BCUT2D eigenvalue weighted by Gasteiger charge is -2.39. The van der Waals surface area contributed by atoms with E-state index in [0.29, 0.717) is 0 Å². The Morgan fingerprint density at radius 2 is 0.418 bits per heavy atom. The molecule has 24 aromatic rings. The fraction of sp³-hybridized carbons (Fsp3) is 0.0735. The molecule has 1 aliphatic rings. The summed E-state index contributed by atoms with van der Waals surface area (Å²) < 4.78 is 5.53. The Kier molecular flexibility index (Phi) is 24.6. The van der Waals surface area contributed by atoms with Crippen LogP contribution in [0.1, 0.15) is 65.5 Å². The Balaban J connectivity index is 0.000000119. The molecule has 0 radical (unpaired) electrons. The molecule has 676 valence electrons. The molecule has 25 rings (SSSR count). The van der Waals surface area contributed by atoms with E-state index in [1.54, 1.807) is 0 Å². The summed E-state index contributed by atoms with van der Waals surface area (Å²) in [6.07, 6.45) is 6.15. The van der Waals surface area contributed by atoms with Crippen molar-refractivity contribution in [3.63, 3.8) is 0 Å². The van der Waals surface area contributed by atoms with E-state index >= 15 is 0 Å². The molecule has 0 N–H and O–H groups in total. The molecule has 0 saturated heterocycles. The maximum absolute atomic E-state index is 2.73. The van der Waals surface area contributed by atoms with Crippen LogP contribution in [-0.2, 0) is 5.41 Å². The second-order valence-electron chi connectivity index (χ2n) is 37.8. The number of hydrogen-bond donors (Lipinski definition) is 0. The van der Waals surface area contributed by atoms with Gasteiger partial charge in [0.2, 0.25) is 0 Å². The van der Waals surface area contributed by atoms with Gasteiger partial charge in [0, 0.05) is 79.9 Å². The molecule has 2 heterocycles. The minimum Gasteiger partial charge on any atom is -0.311 e. The molecule has 0 unspecified atom stereocenters. The summed E-state index contributed by atoms with van der Waals surface area (Å²) in [5, 5.41) is 18.7. The van der Waals surface area contributed by atoms with Gasteiger partial charge in [-0.25, -0.2) is 0 Å². The van der Waals surface area contributed by atoms with Crippen molar-refractivity contribution in [3.05, 3.63) is 543 Å². The van der Waals surface area contributed by atoms with Crippen molar-refractivity contribution in [1.82, 2.24) is 0 Å². The van der Waals surface area contributed by atoms with E-state index in [1.807, 2.05) is 22.7 Å². The van der Waals surface area contributed by atoms with Gasteiger partial charge < -0.3 is 9.80 Å². The van der Waals surface area contributed by atoms with E-state index in [1.165, 1.54) is 260 Å². The highest BCUT2D eigenvalue weighted by Gasteiger charge is 2.45. The van der Waals surface area contributed by atoms with Gasteiger partial charge in [0.25, 0.3) is 0 Å². The Morgan fingerprint density at radius 1 is 0.199 bits per heavy atom. The van der Waals surface area contributed by atoms with E-state index in [0.717, 1.165) is 0 Å². The van der Waals surface area contributed by atoms with Gasteiger partial charge in [-0.1, -0.05) is 430 Å². The van der Waals surface area contributed by atoms with E-state index in [4.69, 9.17) is 0 Å². The van der Waals surface area contributed by atoms with Gasteiger partial charge >= 0.3 is 0 Å². The van der Waals surface area contributed by atoms with Crippen molar-refractivity contribution in [2.45, 2.75) is 65.2 Å². The van der Waals surface area contributed by atoms with E-state index < -0.39 is 8.07 Å². The molecule has 0 aliphatic heterocycles. The van der Waals surface area contributed by atoms with Crippen molar-refractivity contribution in [3.8, 4) is 66.8 Å². The number of anilines is 6. The molecule has 22 aromatic carbocycles. The lowest BCUT2D eigenvalue weighted by molar-refractivity contribution is 0.346. The average Bonchev–Trinajstić information content (AvgIpc) is 1.61. The van der Waals surface area contributed by atoms with Crippen molar-refractivity contribution in [1.29, 1.82) is 0 Å².